The molecule has 21 heavy (non-hydrogen) atoms. The van der Waals surface area contributed by atoms with Gasteiger partial charge >= 0.3 is 0 Å². The molecule has 2 atom stereocenters. The molecule has 0 radical (unpaired) electrons. The molecule has 2 aromatic rings. The molecular weight excluding hydrogens is 271 g/mol. The largest absolute Gasteiger partial charge is 0.304 e. The summed E-state index contributed by atoms with van der Waals surface area (Å²) in [5, 5.41) is 14.0. The topological polar surface area (TPSA) is 55.2 Å². The van der Waals surface area contributed by atoms with Gasteiger partial charge in [-0.25, -0.2) is 4.39 Å². The zero-order valence-electron chi connectivity index (χ0n) is 11.9. The summed E-state index contributed by atoms with van der Waals surface area (Å²) in [5.41, 5.74) is 2.04. The third-order valence-corrected chi connectivity index (χ3v) is 3.47. The number of non-ortho nitro benzene ring substituents is 1. The summed E-state index contributed by atoms with van der Waals surface area (Å²) in [7, 11) is 0. The first-order valence-electron chi connectivity index (χ1n) is 6.73. The van der Waals surface area contributed by atoms with E-state index in [0.717, 1.165) is 11.1 Å². The molecule has 0 saturated carbocycles. The van der Waals surface area contributed by atoms with Crippen LogP contribution in [0.25, 0.3) is 0 Å². The number of rotatable bonds is 5. The van der Waals surface area contributed by atoms with Gasteiger partial charge in [0.25, 0.3) is 5.69 Å². The van der Waals surface area contributed by atoms with Gasteiger partial charge in [0, 0.05) is 24.2 Å². The van der Waals surface area contributed by atoms with Gasteiger partial charge in [0.15, 0.2) is 0 Å². The van der Waals surface area contributed by atoms with E-state index in [4.69, 9.17) is 0 Å². The van der Waals surface area contributed by atoms with Crippen LogP contribution in [0.1, 0.15) is 37.1 Å². The first-order valence-corrected chi connectivity index (χ1v) is 6.73. The Balaban J connectivity index is 2.04. The third-order valence-electron chi connectivity index (χ3n) is 3.47. The maximum absolute atomic E-state index is 12.9. The molecule has 2 aromatic carbocycles. The summed E-state index contributed by atoms with van der Waals surface area (Å²) in [6.07, 6.45) is 0. The first kappa shape index (κ1) is 15.1. The number of nitro groups is 1. The van der Waals surface area contributed by atoms with Gasteiger partial charge in [-0.05, 0) is 37.1 Å². The Hall–Kier alpha value is -2.27. The van der Waals surface area contributed by atoms with Gasteiger partial charge in [0.1, 0.15) is 5.82 Å². The second-order valence-corrected chi connectivity index (χ2v) is 5.01. The van der Waals surface area contributed by atoms with Gasteiger partial charge in [-0.3, -0.25) is 10.1 Å². The summed E-state index contributed by atoms with van der Waals surface area (Å²) in [5.74, 6) is -0.255. The molecule has 0 amide bonds. The van der Waals surface area contributed by atoms with Gasteiger partial charge < -0.3 is 5.32 Å². The van der Waals surface area contributed by atoms with Crippen molar-refractivity contribution in [2.75, 3.05) is 0 Å². The predicted molar refractivity (Wildman–Crippen MR) is 79.5 cm³/mol. The van der Waals surface area contributed by atoms with Gasteiger partial charge in [-0.15, -0.1) is 0 Å². The van der Waals surface area contributed by atoms with Crippen molar-refractivity contribution in [3.05, 3.63) is 75.6 Å². The predicted octanol–water partition coefficient (Wildman–Crippen LogP) is 4.15. The Morgan fingerprint density at radius 3 is 1.81 bits per heavy atom. The zero-order valence-corrected chi connectivity index (χ0v) is 11.9. The number of nitro benzene ring substituents is 1. The number of nitrogens with one attached hydrogen (secondary N) is 1. The lowest BCUT2D eigenvalue weighted by molar-refractivity contribution is -0.384. The molecule has 0 bridgehead atoms. The van der Waals surface area contributed by atoms with E-state index >= 15 is 0 Å². The van der Waals surface area contributed by atoms with E-state index in [-0.39, 0.29) is 23.6 Å². The first-order chi connectivity index (χ1) is 9.97. The maximum atomic E-state index is 12.9. The van der Waals surface area contributed by atoms with Crippen LogP contribution in [0, 0.1) is 15.9 Å². The van der Waals surface area contributed by atoms with Crippen molar-refractivity contribution in [2.24, 2.45) is 0 Å². The molecule has 1 unspecified atom stereocenters. The highest BCUT2D eigenvalue weighted by Gasteiger charge is 2.12. The van der Waals surface area contributed by atoms with Gasteiger partial charge in [-0.2, -0.15) is 0 Å². The lowest BCUT2D eigenvalue weighted by Crippen LogP contribution is -2.22. The summed E-state index contributed by atoms with van der Waals surface area (Å²) in [6.45, 7) is 3.98. The van der Waals surface area contributed by atoms with Crippen LogP contribution in [0.2, 0.25) is 0 Å². The summed E-state index contributed by atoms with van der Waals surface area (Å²) >= 11 is 0. The van der Waals surface area contributed by atoms with Crippen LogP contribution >= 0.6 is 0 Å². The fourth-order valence-electron chi connectivity index (χ4n) is 2.20. The van der Waals surface area contributed by atoms with Crippen molar-refractivity contribution < 1.29 is 9.31 Å². The van der Waals surface area contributed by atoms with E-state index in [2.05, 4.69) is 5.32 Å². The summed E-state index contributed by atoms with van der Waals surface area (Å²) < 4.78 is 12.9. The van der Waals surface area contributed by atoms with Crippen molar-refractivity contribution >= 4 is 5.69 Å². The van der Waals surface area contributed by atoms with Crippen LogP contribution in [-0.2, 0) is 0 Å². The minimum atomic E-state index is -0.414. The van der Waals surface area contributed by atoms with E-state index in [9.17, 15) is 14.5 Å². The molecule has 0 heterocycles. The fourth-order valence-corrected chi connectivity index (χ4v) is 2.20. The Morgan fingerprint density at radius 2 is 1.38 bits per heavy atom. The highest BCUT2D eigenvalue weighted by molar-refractivity contribution is 5.34. The van der Waals surface area contributed by atoms with Gasteiger partial charge in [-0.1, -0.05) is 24.3 Å². The number of halogens is 1. The lowest BCUT2D eigenvalue weighted by Gasteiger charge is -2.20. The van der Waals surface area contributed by atoms with E-state index in [1.54, 1.807) is 24.3 Å². The van der Waals surface area contributed by atoms with Gasteiger partial charge in [0.05, 0.1) is 4.92 Å². The lowest BCUT2D eigenvalue weighted by atomic mass is 10.0. The van der Waals surface area contributed by atoms with Crippen LogP contribution < -0.4 is 5.32 Å². The second-order valence-electron chi connectivity index (χ2n) is 5.01. The number of hydrogen-bond donors (Lipinski definition) is 1. The van der Waals surface area contributed by atoms with E-state index in [1.807, 2.05) is 13.8 Å². The molecule has 110 valence electrons. The minimum absolute atomic E-state index is 0.0332. The van der Waals surface area contributed by atoms with Crippen LogP contribution in [0.3, 0.4) is 0 Å². The second kappa shape index (κ2) is 6.45. The van der Waals surface area contributed by atoms with Crippen LogP contribution in [0.5, 0.6) is 0 Å². The Kier molecular flexibility index (Phi) is 4.65. The van der Waals surface area contributed by atoms with Crippen molar-refractivity contribution in [1.29, 1.82) is 0 Å². The van der Waals surface area contributed by atoms with Crippen molar-refractivity contribution in [3.8, 4) is 0 Å². The minimum Gasteiger partial charge on any atom is -0.304 e. The molecule has 0 fully saturated rings. The van der Waals surface area contributed by atoms with Crippen LogP contribution in [0.15, 0.2) is 48.5 Å². The highest BCUT2D eigenvalue weighted by atomic mass is 19.1. The van der Waals surface area contributed by atoms with Gasteiger partial charge in [0.2, 0.25) is 0 Å². The van der Waals surface area contributed by atoms with Crippen molar-refractivity contribution in [1.82, 2.24) is 5.32 Å². The molecule has 1 N–H and O–H groups in total. The average Bonchev–Trinajstić information content (AvgIpc) is 2.47. The molecule has 0 aliphatic heterocycles. The van der Waals surface area contributed by atoms with Crippen molar-refractivity contribution in [3.63, 3.8) is 0 Å². The Morgan fingerprint density at radius 1 is 0.952 bits per heavy atom. The van der Waals surface area contributed by atoms with E-state index < -0.39 is 4.92 Å². The molecular formula is C16H17FN2O2. The summed E-state index contributed by atoms with van der Waals surface area (Å²) in [6, 6.07) is 12.9. The molecule has 0 spiro atoms. The Labute approximate surface area is 122 Å². The standard InChI is InChI=1S/C16H17FN2O2/c1-11(13-3-7-15(17)8-4-13)18-12(2)14-5-9-16(10-6-14)19(20)21/h3-12,18H,1-2H3/t11-,12?/m1/s1. The molecule has 0 aromatic heterocycles. The normalized spacial score (nSPS) is 13.7. The SMILES string of the molecule is CC(N[C@H](C)c1ccc(F)cc1)c1ccc([N+](=O)[O-])cc1. The van der Waals surface area contributed by atoms with Crippen LogP contribution in [-0.4, -0.2) is 4.92 Å². The molecule has 0 aliphatic carbocycles. The number of benzene rings is 2. The molecule has 2 rings (SSSR count). The average molecular weight is 288 g/mol. The third kappa shape index (κ3) is 3.86. The molecule has 0 aliphatic rings. The fraction of sp³-hybridized carbons (Fsp3) is 0.250. The number of nitrogens with zero attached hydrogens (tertiary/aromatic N) is 1. The molecule has 5 heteroatoms. The molecule has 0 saturated heterocycles. The summed E-state index contributed by atoms with van der Waals surface area (Å²) in [4.78, 5) is 10.2. The zero-order chi connectivity index (χ0) is 15.4. The quantitative estimate of drug-likeness (QED) is 0.664. The highest BCUT2D eigenvalue weighted by Crippen LogP contribution is 2.21. The Bertz CT molecular complexity index is 611. The number of hydrogen-bond acceptors (Lipinski definition) is 3. The molecule has 4 nitrogen and oxygen atoms in total. The monoisotopic (exact) mass is 288 g/mol. The van der Waals surface area contributed by atoms with Crippen LogP contribution in [0.4, 0.5) is 10.1 Å². The maximum Gasteiger partial charge on any atom is 0.269 e. The van der Waals surface area contributed by atoms with E-state index in [0.29, 0.717) is 0 Å². The van der Waals surface area contributed by atoms with E-state index in [1.165, 1.54) is 24.3 Å². The smallest absolute Gasteiger partial charge is 0.269 e. The van der Waals surface area contributed by atoms with Crippen molar-refractivity contribution in [2.45, 2.75) is 25.9 Å².